The number of pyridine rings is 1. The maximum atomic E-state index is 9.72. The molecule has 7 nitrogen and oxygen atoms in total. The molecule has 4 rings (SSSR count). The average Bonchev–Trinajstić information content (AvgIpc) is 2.76. The lowest BCUT2D eigenvalue weighted by molar-refractivity contribution is 0.176. The highest BCUT2D eigenvalue weighted by atomic mass is 16.5. The molecule has 0 bridgehead atoms. The molecular formula is C24H26N4O3. The number of aromatic nitrogens is 3. The largest absolute Gasteiger partial charge is 0.493 e. The van der Waals surface area contributed by atoms with Gasteiger partial charge in [-0.05, 0) is 36.3 Å². The number of hydrogen-bond donors (Lipinski definition) is 2. The van der Waals surface area contributed by atoms with Gasteiger partial charge in [0.15, 0.2) is 6.10 Å². The molecule has 3 atom stereocenters. The van der Waals surface area contributed by atoms with Crippen LogP contribution in [-0.4, -0.2) is 43.2 Å². The van der Waals surface area contributed by atoms with Crippen LogP contribution in [0, 0.1) is 23.8 Å². The number of fused-ring (bicyclic) bond motifs is 1. The topological polar surface area (TPSA) is 91.6 Å². The van der Waals surface area contributed by atoms with Crippen LogP contribution in [0.2, 0.25) is 0 Å². The zero-order valence-corrected chi connectivity index (χ0v) is 17.7. The van der Waals surface area contributed by atoms with Crippen LogP contribution in [0.4, 0.5) is 0 Å². The highest BCUT2D eigenvalue weighted by Gasteiger charge is 2.24. The normalized spacial score (nSPS) is 19.5. The Hall–Kier alpha value is -3.53. The third kappa shape index (κ3) is 4.80. The van der Waals surface area contributed by atoms with Crippen molar-refractivity contribution in [3.63, 3.8) is 0 Å². The van der Waals surface area contributed by atoms with Crippen LogP contribution in [0.1, 0.15) is 38.4 Å². The lowest BCUT2D eigenvalue weighted by Crippen LogP contribution is -2.36. The van der Waals surface area contributed by atoms with E-state index >= 15 is 0 Å². The molecule has 1 aromatic carbocycles. The fourth-order valence-corrected chi connectivity index (χ4v) is 4.03. The maximum absolute atomic E-state index is 9.72. The number of rotatable bonds is 4. The summed E-state index contributed by atoms with van der Waals surface area (Å²) in [5.74, 6) is 4.25. The molecule has 1 saturated heterocycles. The predicted molar refractivity (Wildman–Crippen MR) is 117 cm³/mol. The van der Waals surface area contributed by atoms with Crippen LogP contribution in [0.5, 0.6) is 17.8 Å². The van der Waals surface area contributed by atoms with Gasteiger partial charge in [-0.15, -0.1) is 0 Å². The smallest absolute Gasteiger partial charge is 0.320 e. The zero-order chi connectivity index (χ0) is 21.8. The van der Waals surface area contributed by atoms with Crippen LogP contribution < -0.4 is 4.74 Å². The average molecular weight is 418 g/mol. The van der Waals surface area contributed by atoms with E-state index in [0.29, 0.717) is 11.8 Å². The minimum absolute atomic E-state index is 0.0453. The summed E-state index contributed by atoms with van der Waals surface area (Å²) in [6.45, 7) is 6.39. The molecule has 1 unspecified atom stereocenters. The van der Waals surface area contributed by atoms with Crippen molar-refractivity contribution in [2.75, 3.05) is 13.1 Å². The third-order valence-electron chi connectivity index (χ3n) is 5.87. The zero-order valence-electron chi connectivity index (χ0n) is 17.7. The van der Waals surface area contributed by atoms with Gasteiger partial charge in [-0.3, -0.25) is 4.98 Å². The molecule has 0 aliphatic carbocycles. The monoisotopic (exact) mass is 418 g/mol. The van der Waals surface area contributed by atoms with Crippen LogP contribution in [0.15, 0.2) is 42.6 Å². The number of para-hydroxylation sites is 1. The summed E-state index contributed by atoms with van der Waals surface area (Å²) in [5, 5.41) is 20.3. The molecule has 1 aliphatic rings. The first-order chi connectivity index (χ1) is 15.0. The van der Waals surface area contributed by atoms with Gasteiger partial charge in [-0.1, -0.05) is 38.5 Å². The van der Waals surface area contributed by atoms with Gasteiger partial charge in [0.1, 0.15) is 0 Å². The van der Waals surface area contributed by atoms with E-state index in [9.17, 15) is 10.2 Å². The Morgan fingerprint density at radius 2 is 2.06 bits per heavy atom. The van der Waals surface area contributed by atoms with E-state index in [1.54, 1.807) is 6.20 Å². The fourth-order valence-electron chi connectivity index (χ4n) is 4.03. The Labute approximate surface area is 181 Å². The Bertz CT molecular complexity index is 1100. The molecule has 0 radical (unpaired) electrons. The van der Waals surface area contributed by atoms with E-state index in [0.717, 1.165) is 42.4 Å². The Balaban J connectivity index is 1.70. The second kappa shape index (κ2) is 9.09. The standard InChI is InChI=1S/C24H26N4O3/c1-3-17-15-28(12-9-16(17)2)13-10-21(31-23-14-22(29)26-24(30)27-23)19-8-11-25-20-7-5-4-6-18(19)20/h4-8,11,14,16-17,21H,3,9,12,15H2,1-2H3,(H2,26,27,29,30)/t16?,17-,21+/m0/s1. The highest BCUT2D eigenvalue weighted by molar-refractivity contribution is 5.82. The molecule has 2 N–H and O–H groups in total. The van der Waals surface area contributed by atoms with Crippen LogP contribution in [0.25, 0.3) is 10.9 Å². The van der Waals surface area contributed by atoms with Crippen molar-refractivity contribution in [3.8, 4) is 29.7 Å². The Morgan fingerprint density at radius 3 is 2.87 bits per heavy atom. The molecule has 3 aromatic rings. The lowest BCUT2D eigenvalue weighted by Gasteiger charge is -2.34. The SMILES string of the molecule is CC[C@H]1CN(C#C[C@@H](Oc2cc(O)nc(O)n2)c2ccnc3ccccc23)CCC1C. The first-order valence-electron chi connectivity index (χ1n) is 10.6. The van der Waals surface area contributed by atoms with Crippen LogP contribution in [0.3, 0.4) is 0 Å². The minimum atomic E-state index is -0.666. The second-order valence-corrected chi connectivity index (χ2v) is 7.92. The molecule has 31 heavy (non-hydrogen) atoms. The minimum Gasteiger partial charge on any atom is -0.493 e. The molecule has 1 fully saturated rings. The molecule has 2 aromatic heterocycles. The second-order valence-electron chi connectivity index (χ2n) is 7.92. The van der Waals surface area contributed by atoms with Gasteiger partial charge in [-0.25, -0.2) is 0 Å². The fraction of sp³-hybridized carbons (Fsp3) is 0.375. The van der Waals surface area contributed by atoms with E-state index in [1.165, 1.54) is 6.07 Å². The van der Waals surface area contributed by atoms with E-state index in [-0.39, 0.29) is 11.8 Å². The van der Waals surface area contributed by atoms with Gasteiger partial charge in [-0.2, -0.15) is 9.97 Å². The van der Waals surface area contributed by atoms with Gasteiger partial charge < -0.3 is 19.8 Å². The highest BCUT2D eigenvalue weighted by Crippen LogP contribution is 2.29. The molecule has 7 heteroatoms. The van der Waals surface area contributed by atoms with Crippen molar-refractivity contribution in [3.05, 3.63) is 48.2 Å². The van der Waals surface area contributed by atoms with E-state index < -0.39 is 12.1 Å². The summed E-state index contributed by atoms with van der Waals surface area (Å²) in [5.41, 5.74) is 1.68. The van der Waals surface area contributed by atoms with E-state index in [1.807, 2.05) is 30.3 Å². The molecule has 3 heterocycles. The summed E-state index contributed by atoms with van der Waals surface area (Å²) < 4.78 is 6.04. The van der Waals surface area contributed by atoms with Crippen LogP contribution >= 0.6 is 0 Å². The molecule has 0 spiro atoms. The van der Waals surface area contributed by atoms with Crippen molar-refractivity contribution in [2.24, 2.45) is 11.8 Å². The van der Waals surface area contributed by atoms with Gasteiger partial charge in [0.2, 0.25) is 11.8 Å². The van der Waals surface area contributed by atoms with Gasteiger partial charge in [0.25, 0.3) is 0 Å². The van der Waals surface area contributed by atoms with Crippen molar-refractivity contribution < 1.29 is 14.9 Å². The number of hydrogen-bond acceptors (Lipinski definition) is 7. The number of ether oxygens (including phenoxy) is 1. The predicted octanol–water partition coefficient (Wildman–Crippen LogP) is 3.89. The van der Waals surface area contributed by atoms with E-state index in [4.69, 9.17) is 4.74 Å². The summed E-state index contributed by atoms with van der Waals surface area (Å²) in [7, 11) is 0. The number of aromatic hydroxyl groups is 2. The maximum Gasteiger partial charge on any atom is 0.320 e. The van der Waals surface area contributed by atoms with Crippen molar-refractivity contribution in [1.82, 2.24) is 19.9 Å². The number of nitrogens with zero attached hydrogens (tertiary/aromatic N) is 4. The van der Waals surface area contributed by atoms with Crippen molar-refractivity contribution >= 4 is 10.9 Å². The number of likely N-dealkylation sites (tertiary alicyclic amines) is 1. The summed E-state index contributed by atoms with van der Waals surface area (Å²) in [4.78, 5) is 13.9. The quantitative estimate of drug-likeness (QED) is 0.621. The lowest BCUT2D eigenvalue weighted by atomic mass is 9.85. The first-order valence-corrected chi connectivity index (χ1v) is 10.6. The summed E-state index contributed by atoms with van der Waals surface area (Å²) >= 11 is 0. The third-order valence-corrected chi connectivity index (χ3v) is 5.87. The first kappa shape index (κ1) is 20.7. The van der Waals surface area contributed by atoms with Gasteiger partial charge in [0.05, 0.1) is 11.6 Å². The molecule has 0 saturated carbocycles. The molecular weight excluding hydrogens is 392 g/mol. The number of piperidine rings is 1. The molecule has 160 valence electrons. The summed E-state index contributed by atoms with van der Waals surface area (Å²) in [6, 6.07) is 13.6. The summed E-state index contributed by atoms with van der Waals surface area (Å²) in [6.07, 6.45) is 3.31. The van der Waals surface area contributed by atoms with Crippen LogP contribution in [-0.2, 0) is 0 Å². The Morgan fingerprint density at radius 1 is 1.23 bits per heavy atom. The molecule has 1 aliphatic heterocycles. The number of benzene rings is 1. The molecule has 0 amide bonds. The van der Waals surface area contributed by atoms with Crippen molar-refractivity contribution in [1.29, 1.82) is 0 Å². The van der Waals surface area contributed by atoms with Gasteiger partial charge >= 0.3 is 6.01 Å². The Kier molecular flexibility index (Phi) is 6.08. The van der Waals surface area contributed by atoms with E-state index in [2.05, 4.69) is 45.7 Å². The van der Waals surface area contributed by atoms with Gasteiger partial charge in [0, 0.05) is 36.3 Å². The van der Waals surface area contributed by atoms with Crippen molar-refractivity contribution in [2.45, 2.75) is 32.8 Å².